The van der Waals surface area contributed by atoms with E-state index < -0.39 is 0 Å². The molecule has 102 valence electrons. The van der Waals surface area contributed by atoms with Gasteiger partial charge < -0.3 is 10.1 Å². The number of nitrogens with zero attached hydrogens (tertiary/aromatic N) is 1. The number of halogens is 2. The number of anilines is 1. The summed E-state index contributed by atoms with van der Waals surface area (Å²) in [4.78, 5) is 0. The largest absolute Gasteiger partial charge is 0.479 e. The van der Waals surface area contributed by atoms with Gasteiger partial charge in [0.15, 0.2) is 6.61 Å². The van der Waals surface area contributed by atoms with Crippen LogP contribution in [0.2, 0.25) is 0 Å². The zero-order chi connectivity index (χ0) is 14.4. The predicted molar refractivity (Wildman–Crippen MR) is 79.0 cm³/mol. The number of benzene rings is 2. The SMILES string of the molecule is N#CCOc1ccc(CNc2cc(F)ccc2Br)cc1. The minimum absolute atomic E-state index is 0.0356. The lowest BCUT2D eigenvalue weighted by atomic mass is 10.2. The van der Waals surface area contributed by atoms with Crippen LogP contribution >= 0.6 is 15.9 Å². The van der Waals surface area contributed by atoms with Crippen molar-refractivity contribution in [1.29, 1.82) is 5.26 Å². The Morgan fingerprint density at radius 1 is 1.20 bits per heavy atom. The average molecular weight is 335 g/mol. The van der Waals surface area contributed by atoms with Gasteiger partial charge in [0, 0.05) is 11.0 Å². The van der Waals surface area contributed by atoms with Crippen LogP contribution in [-0.4, -0.2) is 6.61 Å². The van der Waals surface area contributed by atoms with Crippen molar-refractivity contribution in [1.82, 2.24) is 0 Å². The summed E-state index contributed by atoms with van der Waals surface area (Å²) in [6.07, 6.45) is 0. The molecule has 2 aromatic rings. The summed E-state index contributed by atoms with van der Waals surface area (Å²) < 4.78 is 19.1. The van der Waals surface area contributed by atoms with Crippen LogP contribution in [0.5, 0.6) is 5.75 Å². The average Bonchev–Trinajstić information content (AvgIpc) is 2.47. The molecule has 0 aromatic heterocycles. The number of nitrogens with one attached hydrogen (secondary N) is 1. The van der Waals surface area contributed by atoms with E-state index in [1.807, 2.05) is 18.2 Å². The molecule has 0 heterocycles. The van der Waals surface area contributed by atoms with Gasteiger partial charge >= 0.3 is 0 Å². The summed E-state index contributed by atoms with van der Waals surface area (Å²) in [5, 5.41) is 11.6. The number of hydrogen-bond acceptors (Lipinski definition) is 3. The van der Waals surface area contributed by atoms with Crippen molar-refractivity contribution in [3.05, 3.63) is 58.3 Å². The smallest absolute Gasteiger partial charge is 0.174 e. The first-order chi connectivity index (χ1) is 9.69. The van der Waals surface area contributed by atoms with Gasteiger partial charge in [-0.2, -0.15) is 5.26 Å². The fraction of sp³-hybridized carbons (Fsp3) is 0.133. The van der Waals surface area contributed by atoms with E-state index in [-0.39, 0.29) is 12.4 Å². The molecule has 0 aliphatic heterocycles. The van der Waals surface area contributed by atoms with Gasteiger partial charge in [-0.25, -0.2) is 4.39 Å². The molecular weight excluding hydrogens is 323 g/mol. The fourth-order valence-electron chi connectivity index (χ4n) is 1.65. The molecule has 0 amide bonds. The van der Waals surface area contributed by atoms with Gasteiger partial charge in [-0.1, -0.05) is 12.1 Å². The molecule has 0 bridgehead atoms. The molecule has 0 saturated heterocycles. The lowest BCUT2D eigenvalue weighted by molar-refractivity contribution is 0.368. The van der Waals surface area contributed by atoms with Gasteiger partial charge in [-0.05, 0) is 51.8 Å². The molecule has 5 heteroatoms. The topological polar surface area (TPSA) is 45.0 Å². The molecule has 0 saturated carbocycles. The normalized spacial score (nSPS) is 9.85. The van der Waals surface area contributed by atoms with Crippen molar-refractivity contribution in [2.75, 3.05) is 11.9 Å². The standard InChI is InChI=1S/C15H12BrFN2O/c16-14-6-3-12(17)9-15(14)19-10-11-1-4-13(5-2-11)20-8-7-18/h1-6,9,19H,8,10H2. The van der Waals surface area contributed by atoms with Gasteiger partial charge in [0.25, 0.3) is 0 Å². The third-order valence-corrected chi connectivity index (χ3v) is 3.33. The van der Waals surface area contributed by atoms with Crippen molar-refractivity contribution < 1.29 is 9.13 Å². The molecule has 2 rings (SSSR count). The molecule has 1 N–H and O–H groups in total. The third kappa shape index (κ3) is 3.97. The summed E-state index contributed by atoms with van der Waals surface area (Å²) in [7, 11) is 0. The molecule has 3 nitrogen and oxygen atoms in total. The molecule has 0 spiro atoms. The van der Waals surface area contributed by atoms with E-state index in [0.717, 1.165) is 10.0 Å². The summed E-state index contributed by atoms with van der Waals surface area (Å²) in [5.74, 6) is 0.373. The van der Waals surface area contributed by atoms with E-state index >= 15 is 0 Å². The van der Waals surface area contributed by atoms with Crippen molar-refractivity contribution >= 4 is 21.6 Å². The molecule has 0 radical (unpaired) electrons. The summed E-state index contributed by atoms with van der Waals surface area (Å²) in [6, 6.07) is 13.8. The van der Waals surface area contributed by atoms with Crippen molar-refractivity contribution in [2.24, 2.45) is 0 Å². The second kappa shape index (κ2) is 6.92. The molecule has 0 atom stereocenters. The van der Waals surface area contributed by atoms with E-state index in [2.05, 4.69) is 21.2 Å². The second-order valence-electron chi connectivity index (χ2n) is 4.07. The number of ether oxygens (including phenoxy) is 1. The molecular formula is C15H12BrFN2O. The molecule has 0 unspecified atom stereocenters. The Labute approximate surface area is 125 Å². The quantitative estimate of drug-likeness (QED) is 0.895. The molecule has 20 heavy (non-hydrogen) atoms. The first kappa shape index (κ1) is 14.4. The minimum atomic E-state index is -0.282. The van der Waals surface area contributed by atoms with Crippen molar-refractivity contribution in [3.8, 4) is 11.8 Å². The van der Waals surface area contributed by atoms with Gasteiger partial charge in [-0.15, -0.1) is 0 Å². The van der Waals surface area contributed by atoms with Crippen molar-refractivity contribution in [3.63, 3.8) is 0 Å². The van der Waals surface area contributed by atoms with Gasteiger partial charge in [0.2, 0.25) is 0 Å². The Bertz CT molecular complexity index is 623. The third-order valence-electron chi connectivity index (χ3n) is 2.64. The van der Waals surface area contributed by atoms with Crippen LogP contribution in [0, 0.1) is 17.1 Å². The van der Waals surface area contributed by atoms with Crippen LogP contribution in [0.25, 0.3) is 0 Å². The van der Waals surface area contributed by atoms with Crippen LogP contribution in [0.1, 0.15) is 5.56 Å². The van der Waals surface area contributed by atoms with E-state index in [9.17, 15) is 4.39 Å². The van der Waals surface area contributed by atoms with E-state index in [1.54, 1.807) is 18.2 Å². The number of hydrogen-bond donors (Lipinski definition) is 1. The van der Waals surface area contributed by atoms with Crippen molar-refractivity contribution in [2.45, 2.75) is 6.54 Å². The van der Waals surface area contributed by atoms with E-state index in [4.69, 9.17) is 10.00 Å². The van der Waals surface area contributed by atoms with Crippen LogP contribution < -0.4 is 10.1 Å². The van der Waals surface area contributed by atoms with Crippen LogP contribution in [0.3, 0.4) is 0 Å². The summed E-state index contributed by atoms with van der Waals surface area (Å²) in [5.41, 5.74) is 1.74. The zero-order valence-electron chi connectivity index (χ0n) is 10.6. The van der Waals surface area contributed by atoms with E-state index in [0.29, 0.717) is 18.0 Å². The Balaban J connectivity index is 1.97. The zero-order valence-corrected chi connectivity index (χ0v) is 12.2. The Hall–Kier alpha value is -2.06. The van der Waals surface area contributed by atoms with Gasteiger partial charge in [0.1, 0.15) is 17.6 Å². The highest BCUT2D eigenvalue weighted by atomic mass is 79.9. The monoisotopic (exact) mass is 334 g/mol. The van der Waals surface area contributed by atoms with Gasteiger partial charge in [-0.3, -0.25) is 0 Å². The fourth-order valence-corrected chi connectivity index (χ4v) is 2.04. The molecule has 0 fully saturated rings. The maximum atomic E-state index is 13.1. The summed E-state index contributed by atoms with van der Waals surface area (Å²) >= 11 is 3.36. The Morgan fingerprint density at radius 2 is 1.95 bits per heavy atom. The second-order valence-corrected chi connectivity index (χ2v) is 4.92. The first-order valence-corrected chi connectivity index (χ1v) is 6.76. The number of rotatable bonds is 5. The van der Waals surface area contributed by atoms with Crippen LogP contribution in [0.15, 0.2) is 46.9 Å². The van der Waals surface area contributed by atoms with E-state index in [1.165, 1.54) is 12.1 Å². The highest BCUT2D eigenvalue weighted by Gasteiger charge is 2.02. The maximum absolute atomic E-state index is 13.1. The number of nitriles is 1. The first-order valence-electron chi connectivity index (χ1n) is 5.96. The molecule has 0 aliphatic rings. The molecule has 0 aliphatic carbocycles. The lowest BCUT2D eigenvalue weighted by Crippen LogP contribution is -2.01. The minimum Gasteiger partial charge on any atom is -0.479 e. The molecule has 2 aromatic carbocycles. The van der Waals surface area contributed by atoms with Crippen LogP contribution in [-0.2, 0) is 6.54 Å². The van der Waals surface area contributed by atoms with Gasteiger partial charge in [0.05, 0.1) is 5.69 Å². The predicted octanol–water partition coefficient (Wildman–Crippen LogP) is 4.10. The summed E-state index contributed by atoms with van der Waals surface area (Å²) in [6.45, 7) is 0.606. The van der Waals surface area contributed by atoms with Crippen LogP contribution in [0.4, 0.5) is 10.1 Å². The maximum Gasteiger partial charge on any atom is 0.174 e. The lowest BCUT2D eigenvalue weighted by Gasteiger charge is -2.09. The highest BCUT2D eigenvalue weighted by molar-refractivity contribution is 9.10. The highest BCUT2D eigenvalue weighted by Crippen LogP contribution is 2.23. The Kier molecular flexibility index (Phi) is 4.97. The Morgan fingerprint density at radius 3 is 2.65 bits per heavy atom.